The summed E-state index contributed by atoms with van der Waals surface area (Å²) in [4.78, 5) is 0. The van der Waals surface area contributed by atoms with Crippen LogP contribution in [-0.2, 0) is 6.61 Å². The third kappa shape index (κ3) is 1.86. The molecule has 0 aliphatic heterocycles. The highest BCUT2D eigenvalue weighted by Crippen LogP contribution is 2.25. The number of aliphatic hydroxyl groups excluding tert-OH is 1. The van der Waals surface area contributed by atoms with Crippen molar-refractivity contribution < 1.29 is 5.11 Å². The van der Waals surface area contributed by atoms with Gasteiger partial charge in [0.1, 0.15) is 0 Å². The summed E-state index contributed by atoms with van der Waals surface area (Å²) in [5.74, 6) is 0. The van der Waals surface area contributed by atoms with E-state index < -0.39 is 0 Å². The molecule has 1 aromatic carbocycles. The van der Waals surface area contributed by atoms with Crippen molar-refractivity contribution in [2.75, 3.05) is 0 Å². The van der Waals surface area contributed by atoms with E-state index in [-0.39, 0.29) is 6.61 Å². The van der Waals surface area contributed by atoms with Crippen LogP contribution in [0.4, 0.5) is 0 Å². The fourth-order valence-corrected chi connectivity index (χ4v) is 1.66. The van der Waals surface area contributed by atoms with Gasteiger partial charge in [0.25, 0.3) is 0 Å². The summed E-state index contributed by atoms with van der Waals surface area (Å²) in [5, 5.41) is 9.61. The van der Waals surface area contributed by atoms with Gasteiger partial charge in [-0.2, -0.15) is 0 Å². The summed E-state index contributed by atoms with van der Waals surface area (Å²) in [6, 6.07) is 3.90. The molecule has 0 saturated heterocycles. The average molecular weight is 283 g/mol. The van der Waals surface area contributed by atoms with Crippen LogP contribution in [0.5, 0.6) is 0 Å². The summed E-state index contributed by atoms with van der Waals surface area (Å²) in [6.07, 6.45) is 0. The number of halogens is 2. The molecule has 0 atom stereocenters. The van der Waals surface area contributed by atoms with Gasteiger partial charge in [0, 0.05) is 9.13 Å². The van der Waals surface area contributed by atoms with E-state index in [1.54, 1.807) is 0 Å². The van der Waals surface area contributed by atoms with E-state index in [4.69, 9.17) is 16.7 Å². The quantitative estimate of drug-likeness (QED) is 0.785. The molecular formula is C8H8ClIO. The average Bonchev–Trinajstić information content (AvgIpc) is 1.99. The van der Waals surface area contributed by atoms with Gasteiger partial charge in [0.2, 0.25) is 0 Å². The predicted octanol–water partition coefficient (Wildman–Crippen LogP) is 2.75. The smallest absolute Gasteiger partial charge is 0.0699 e. The third-order valence-electron chi connectivity index (χ3n) is 1.59. The molecule has 1 nitrogen and oxygen atoms in total. The minimum absolute atomic E-state index is 0.0154. The van der Waals surface area contributed by atoms with Crippen LogP contribution in [0, 0.1) is 10.5 Å². The molecule has 1 N–H and O–H groups in total. The van der Waals surface area contributed by atoms with Crippen LogP contribution >= 0.6 is 34.2 Å². The van der Waals surface area contributed by atoms with E-state index in [9.17, 15) is 0 Å². The first-order valence-corrected chi connectivity index (χ1v) is 4.67. The highest BCUT2D eigenvalue weighted by atomic mass is 127. The van der Waals surface area contributed by atoms with Gasteiger partial charge >= 0.3 is 0 Å². The van der Waals surface area contributed by atoms with E-state index in [0.29, 0.717) is 5.02 Å². The van der Waals surface area contributed by atoms with Crippen LogP contribution in [0.3, 0.4) is 0 Å². The Kier molecular flexibility index (Phi) is 3.16. The predicted molar refractivity (Wildman–Crippen MR) is 54.8 cm³/mol. The standard InChI is InChI=1S/C8H8ClIO/c1-5-2-3-7(10)8(9)6(5)4-11/h2-3,11H,4H2,1H3. The maximum absolute atomic E-state index is 8.94. The Bertz CT molecular complexity index is 273. The van der Waals surface area contributed by atoms with Crippen molar-refractivity contribution >= 4 is 34.2 Å². The molecule has 0 aliphatic rings. The Morgan fingerprint density at radius 2 is 2.18 bits per heavy atom. The fourth-order valence-electron chi connectivity index (χ4n) is 0.883. The van der Waals surface area contributed by atoms with Crippen LogP contribution in [0.15, 0.2) is 12.1 Å². The van der Waals surface area contributed by atoms with E-state index in [1.165, 1.54) is 0 Å². The number of hydrogen-bond acceptors (Lipinski definition) is 1. The van der Waals surface area contributed by atoms with Crippen molar-refractivity contribution in [3.05, 3.63) is 31.9 Å². The van der Waals surface area contributed by atoms with Gasteiger partial charge in [-0.3, -0.25) is 0 Å². The van der Waals surface area contributed by atoms with Crippen molar-refractivity contribution in [2.24, 2.45) is 0 Å². The van der Waals surface area contributed by atoms with E-state index >= 15 is 0 Å². The number of aryl methyl sites for hydroxylation is 1. The Balaban J connectivity index is 3.29. The van der Waals surface area contributed by atoms with Crippen molar-refractivity contribution in [1.29, 1.82) is 0 Å². The molecule has 11 heavy (non-hydrogen) atoms. The van der Waals surface area contributed by atoms with E-state index in [1.807, 2.05) is 19.1 Å². The summed E-state index contributed by atoms with van der Waals surface area (Å²) in [6.45, 7) is 1.95. The van der Waals surface area contributed by atoms with Crippen molar-refractivity contribution in [1.82, 2.24) is 0 Å². The topological polar surface area (TPSA) is 20.2 Å². The van der Waals surface area contributed by atoms with Crippen molar-refractivity contribution in [3.8, 4) is 0 Å². The number of benzene rings is 1. The largest absolute Gasteiger partial charge is 0.392 e. The highest BCUT2D eigenvalue weighted by molar-refractivity contribution is 14.1. The summed E-state index contributed by atoms with van der Waals surface area (Å²) in [7, 11) is 0. The zero-order valence-electron chi connectivity index (χ0n) is 6.06. The number of aliphatic hydroxyl groups is 1. The maximum Gasteiger partial charge on any atom is 0.0699 e. The molecule has 1 rings (SSSR count). The molecule has 0 saturated carbocycles. The Morgan fingerprint density at radius 1 is 1.55 bits per heavy atom. The molecule has 0 fully saturated rings. The molecule has 3 heteroatoms. The molecule has 1 aromatic rings. The molecule has 0 unspecified atom stereocenters. The van der Waals surface area contributed by atoms with E-state index in [0.717, 1.165) is 14.7 Å². The first kappa shape index (κ1) is 9.29. The lowest BCUT2D eigenvalue weighted by Gasteiger charge is -2.05. The minimum atomic E-state index is 0.0154. The normalized spacial score (nSPS) is 10.2. The highest BCUT2D eigenvalue weighted by Gasteiger charge is 2.05. The fraction of sp³-hybridized carbons (Fsp3) is 0.250. The molecule has 0 amide bonds. The Morgan fingerprint density at radius 3 is 2.64 bits per heavy atom. The lowest BCUT2D eigenvalue weighted by molar-refractivity contribution is 0.281. The molecule has 0 aliphatic carbocycles. The van der Waals surface area contributed by atoms with Gasteiger partial charge < -0.3 is 5.11 Å². The second-order valence-corrected chi connectivity index (χ2v) is 3.86. The number of rotatable bonds is 1. The van der Waals surface area contributed by atoms with Gasteiger partial charge in [0.05, 0.1) is 11.6 Å². The first-order valence-electron chi connectivity index (χ1n) is 3.21. The summed E-state index contributed by atoms with van der Waals surface area (Å²) >= 11 is 8.08. The lowest BCUT2D eigenvalue weighted by atomic mass is 10.1. The summed E-state index contributed by atoms with van der Waals surface area (Å²) < 4.78 is 0.985. The van der Waals surface area contributed by atoms with Crippen molar-refractivity contribution in [3.63, 3.8) is 0 Å². The molecule has 0 radical (unpaired) electrons. The zero-order chi connectivity index (χ0) is 8.43. The second kappa shape index (κ2) is 3.74. The monoisotopic (exact) mass is 282 g/mol. The van der Waals surface area contributed by atoms with Gasteiger partial charge in [-0.05, 0) is 41.1 Å². The first-order chi connectivity index (χ1) is 5.16. The van der Waals surface area contributed by atoms with Crippen LogP contribution in [0.25, 0.3) is 0 Å². The lowest BCUT2D eigenvalue weighted by Crippen LogP contribution is -1.91. The SMILES string of the molecule is Cc1ccc(I)c(Cl)c1CO. The summed E-state index contributed by atoms with van der Waals surface area (Å²) in [5.41, 5.74) is 1.87. The zero-order valence-corrected chi connectivity index (χ0v) is 8.98. The molecule has 60 valence electrons. The van der Waals surface area contributed by atoms with Gasteiger partial charge in [0.15, 0.2) is 0 Å². The molecule has 0 bridgehead atoms. The van der Waals surface area contributed by atoms with Crippen LogP contribution in [0.2, 0.25) is 5.02 Å². The maximum atomic E-state index is 8.94. The third-order valence-corrected chi connectivity index (χ3v) is 3.24. The molecular weight excluding hydrogens is 274 g/mol. The van der Waals surface area contributed by atoms with E-state index in [2.05, 4.69) is 22.6 Å². The minimum Gasteiger partial charge on any atom is -0.392 e. The van der Waals surface area contributed by atoms with Crippen LogP contribution in [-0.4, -0.2) is 5.11 Å². The Hall–Kier alpha value is 0.200. The van der Waals surface area contributed by atoms with Crippen LogP contribution in [0.1, 0.15) is 11.1 Å². The Labute approximate surface area is 84.5 Å². The molecule has 0 heterocycles. The van der Waals surface area contributed by atoms with Gasteiger partial charge in [-0.25, -0.2) is 0 Å². The van der Waals surface area contributed by atoms with Crippen molar-refractivity contribution in [2.45, 2.75) is 13.5 Å². The van der Waals surface area contributed by atoms with Crippen LogP contribution < -0.4 is 0 Å². The molecule has 0 spiro atoms. The number of hydrogen-bond donors (Lipinski definition) is 1. The van der Waals surface area contributed by atoms with Gasteiger partial charge in [-0.15, -0.1) is 0 Å². The second-order valence-electron chi connectivity index (χ2n) is 2.31. The van der Waals surface area contributed by atoms with Gasteiger partial charge in [-0.1, -0.05) is 17.7 Å². The molecule has 0 aromatic heterocycles.